The zero-order valence-electron chi connectivity index (χ0n) is 11.5. The van der Waals surface area contributed by atoms with Gasteiger partial charge in [-0.3, -0.25) is 9.36 Å². The van der Waals surface area contributed by atoms with E-state index in [1.165, 1.54) is 12.7 Å². The molecule has 1 aliphatic heterocycles. The van der Waals surface area contributed by atoms with E-state index in [1.54, 1.807) is 4.57 Å². The summed E-state index contributed by atoms with van der Waals surface area (Å²) in [5.74, 6) is -0.428. The zero-order valence-corrected chi connectivity index (χ0v) is 11.5. The van der Waals surface area contributed by atoms with Crippen molar-refractivity contribution >= 4 is 22.9 Å². The molecule has 0 aromatic carbocycles. The molecular formula is C12H15N5O5. The molecule has 1 aliphatic rings. The lowest BCUT2D eigenvalue weighted by atomic mass is 10.2. The summed E-state index contributed by atoms with van der Waals surface area (Å²) < 4.78 is 7.15. The molecule has 3 heterocycles. The van der Waals surface area contributed by atoms with Crippen molar-refractivity contribution in [3.05, 3.63) is 12.7 Å². The number of fused-ring (bicyclic) bond motifs is 1. The van der Waals surface area contributed by atoms with Crippen molar-refractivity contribution in [2.75, 3.05) is 18.5 Å². The van der Waals surface area contributed by atoms with Crippen molar-refractivity contribution in [1.29, 1.82) is 0 Å². The number of rotatable bonds is 4. The average Bonchev–Trinajstić information content (AvgIpc) is 3.10. The minimum Gasteiger partial charge on any atom is -0.394 e. The van der Waals surface area contributed by atoms with Crippen molar-refractivity contribution < 1.29 is 24.9 Å². The molecule has 2 aromatic heterocycles. The number of imidazole rings is 1. The largest absolute Gasteiger partial charge is 0.394 e. The molecule has 0 spiro atoms. The highest BCUT2D eigenvalue weighted by Gasteiger charge is 2.35. The van der Waals surface area contributed by atoms with E-state index in [0.717, 1.165) is 0 Å². The molecule has 0 unspecified atom stereocenters. The summed E-state index contributed by atoms with van der Waals surface area (Å²) in [5.41, 5.74) is 0.758. The highest BCUT2D eigenvalue weighted by Crippen LogP contribution is 2.31. The minimum atomic E-state index is -0.775. The fraction of sp³-hybridized carbons (Fsp3) is 0.500. The van der Waals surface area contributed by atoms with Gasteiger partial charge in [-0.15, -0.1) is 0 Å². The van der Waals surface area contributed by atoms with Crippen molar-refractivity contribution in [1.82, 2.24) is 19.5 Å². The molecule has 1 saturated heterocycles. The third kappa shape index (κ3) is 2.52. The summed E-state index contributed by atoms with van der Waals surface area (Å²) >= 11 is 0. The Morgan fingerprint density at radius 2 is 2.23 bits per heavy atom. The molecule has 2 aromatic rings. The zero-order chi connectivity index (χ0) is 15.7. The van der Waals surface area contributed by atoms with Crippen LogP contribution in [0.3, 0.4) is 0 Å². The predicted molar refractivity (Wildman–Crippen MR) is 72.7 cm³/mol. The quantitative estimate of drug-likeness (QED) is 0.529. The Labute approximate surface area is 124 Å². The number of anilines is 1. The minimum absolute atomic E-state index is 0.181. The van der Waals surface area contributed by atoms with Gasteiger partial charge in [0.05, 0.1) is 19.0 Å². The van der Waals surface area contributed by atoms with E-state index in [9.17, 15) is 9.90 Å². The van der Waals surface area contributed by atoms with Gasteiger partial charge in [0.2, 0.25) is 0 Å². The van der Waals surface area contributed by atoms with Gasteiger partial charge in [-0.1, -0.05) is 0 Å². The van der Waals surface area contributed by atoms with Gasteiger partial charge in [-0.2, -0.15) is 0 Å². The molecule has 3 rings (SSSR count). The summed E-state index contributed by atoms with van der Waals surface area (Å²) in [6.07, 6.45) is 1.06. The summed E-state index contributed by atoms with van der Waals surface area (Å²) in [6, 6.07) is 0. The van der Waals surface area contributed by atoms with Crippen molar-refractivity contribution in [3.8, 4) is 0 Å². The third-order valence-corrected chi connectivity index (χ3v) is 3.45. The number of amides is 1. The number of aromatic nitrogens is 4. The number of ether oxygens (including phenoxy) is 1. The highest BCUT2D eigenvalue weighted by molar-refractivity contribution is 5.97. The van der Waals surface area contributed by atoms with Gasteiger partial charge in [0.25, 0.3) is 5.91 Å². The van der Waals surface area contributed by atoms with Gasteiger partial charge < -0.3 is 25.4 Å². The number of hydrogen-bond acceptors (Lipinski definition) is 8. The van der Waals surface area contributed by atoms with Crippen LogP contribution >= 0.6 is 0 Å². The molecule has 4 N–H and O–H groups in total. The summed E-state index contributed by atoms with van der Waals surface area (Å²) in [4.78, 5) is 23.4. The Kier molecular flexibility index (Phi) is 3.98. The van der Waals surface area contributed by atoms with Gasteiger partial charge in [0.15, 0.2) is 17.0 Å². The monoisotopic (exact) mass is 309 g/mol. The van der Waals surface area contributed by atoms with E-state index in [-0.39, 0.29) is 12.4 Å². The first-order chi connectivity index (χ1) is 10.6. The first-order valence-corrected chi connectivity index (χ1v) is 6.66. The maximum absolute atomic E-state index is 11.3. The van der Waals surface area contributed by atoms with Crippen LogP contribution in [0.1, 0.15) is 12.6 Å². The van der Waals surface area contributed by atoms with Crippen LogP contribution in [0.5, 0.6) is 0 Å². The van der Waals surface area contributed by atoms with Crippen LogP contribution < -0.4 is 5.32 Å². The van der Waals surface area contributed by atoms with Crippen molar-refractivity contribution in [3.63, 3.8) is 0 Å². The van der Waals surface area contributed by atoms with E-state index in [2.05, 4.69) is 20.3 Å². The third-order valence-electron chi connectivity index (χ3n) is 3.45. The standard InChI is InChI=1S/C12H15N5O5/c18-2-7-6(20)1-9(22-7)17-5-15-10-11(16-8(21)3-19)13-4-14-12(10)17/h4-7,9,18-20H,1-3H2,(H,13,14,16,21)/t6-,7+,9+/m0/s1. The van der Waals surface area contributed by atoms with Gasteiger partial charge in [0.1, 0.15) is 25.3 Å². The Balaban J connectivity index is 1.93. The van der Waals surface area contributed by atoms with Gasteiger partial charge in [-0.05, 0) is 0 Å². The summed E-state index contributed by atoms with van der Waals surface area (Å²) in [7, 11) is 0. The SMILES string of the molecule is O=C(CO)Nc1ncnc2c1ncn2[C@H]1C[C@H](O)[C@@H](CO)O1. The number of hydrogen-bond donors (Lipinski definition) is 4. The van der Waals surface area contributed by atoms with Crippen LogP contribution in [0, 0.1) is 0 Å². The molecule has 0 radical (unpaired) electrons. The first kappa shape index (κ1) is 14.8. The normalized spacial score (nSPS) is 24.8. The van der Waals surface area contributed by atoms with Gasteiger partial charge in [0, 0.05) is 6.42 Å². The molecular weight excluding hydrogens is 294 g/mol. The van der Waals surface area contributed by atoms with Crippen molar-refractivity contribution in [2.24, 2.45) is 0 Å². The Morgan fingerprint density at radius 1 is 1.41 bits per heavy atom. The maximum Gasteiger partial charge on any atom is 0.251 e. The Hall–Kier alpha value is -2.14. The topological polar surface area (TPSA) is 143 Å². The second kappa shape index (κ2) is 5.93. The molecule has 1 fully saturated rings. The van der Waals surface area contributed by atoms with Crippen molar-refractivity contribution in [2.45, 2.75) is 24.9 Å². The lowest BCUT2D eigenvalue weighted by Crippen LogP contribution is -2.24. The molecule has 22 heavy (non-hydrogen) atoms. The molecule has 0 aliphatic carbocycles. The van der Waals surface area contributed by atoms with E-state index >= 15 is 0 Å². The Morgan fingerprint density at radius 3 is 2.91 bits per heavy atom. The smallest absolute Gasteiger partial charge is 0.251 e. The predicted octanol–water partition coefficient (Wildman–Crippen LogP) is -1.60. The van der Waals surface area contributed by atoms with Crippen LogP contribution in [0.15, 0.2) is 12.7 Å². The lowest BCUT2D eigenvalue weighted by molar-refractivity contribution is -0.118. The summed E-state index contributed by atoms with van der Waals surface area (Å²) in [6.45, 7) is -0.945. The Bertz CT molecular complexity index is 690. The number of carbonyl (C=O) groups excluding carboxylic acids is 1. The molecule has 10 nitrogen and oxygen atoms in total. The van der Waals surface area contributed by atoms with Crippen LogP contribution in [-0.4, -0.2) is 66.2 Å². The number of carbonyl (C=O) groups is 1. The lowest BCUT2D eigenvalue weighted by Gasteiger charge is -2.13. The number of nitrogens with zero attached hydrogens (tertiary/aromatic N) is 4. The second-order valence-electron chi connectivity index (χ2n) is 4.87. The van der Waals surface area contributed by atoms with E-state index in [4.69, 9.17) is 14.9 Å². The average molecular weight is 309 g/mol. The molecule has 3 atom stereocenters. The van der Waals surface area contributed by atoms with Crippen LogP contribution in [0.2, 0.25) is 0 Å². The summed E-state index contributed by atoms with van der Waals surface area (Å²) in [5, 5.41) is 30.1. The first-order valence-electron chi connectivity index (χ1n) is 6.66. The van der Waals surface area contributed by atoms with Gasteiger partial charge in [-0.25, -0.2) is 15.0 Å². The molecule has 118 valence electrons. The number of aliphatic hydroxyl groups excluding tert-OH is 3. The number of nitrogens with one attached hydrogen (secondary N) is 1. The van der Waals surface area contributed by atoms with E-state index in [0.29, 0.717) is 17.6 Å². The molecule has 0 saturated carbocycles. The highest BCUT2D eigenvalue weighted by atomic mass is 16.5. The molecule has 10 heteroatoms. The number of aliphatic hydroxyl groups is 3. The second-order valence-corrected chi connectivity index (χ2v) is 4.87. The maximum atomic E-state index is 11.3. The molecule has 0 bridgehead atoms. The van der Waals surface area contributed by atoms with Crippen LogP contribution in [0.4, 0.5) is 5.82 Å². The van der Waals surface area contributed by atoms with Gasteiger partial charge >= 0.3 is 0 Å². The van der Waals surface area contributed by atoms with E-state index < -0.39 is 30.9 Å². The van der Waals surface area contributed by atoms with E-state index in [1.807, 2.05) is 0 Å². The van der Waals surface area contributed by atoms with Crippen LogP contribution in [-0.2, 0) is 9.53 Å². The fourth-order valence-corrected chi connectivity index (χ4v) is 2.38. The molecule has 1 amide bonds. The van der Waals surface area contributed by atoms with Crippen LogP contribution in [0.25, 0.3) is 11.2 Å². The fourth-order valence-electron chi connectivity index (χ4n) is 2.38.